The quantitative estimate of drug-likeness (QED) is 0.167. The molecule has 1 aliphatic rings. The Balaban J connectivity index is 0.000000205. The molecule has 0 fully saturated rings. The van der Waals surface area contributed by atoms with Crippen molar-refractivity contribution < 1.29 is 20.1 Å². The molecule has 0 N–H and O–H groups in total. The molecule has 0 amide bonds. The van der Waals surface area contributed by atoms with Gasteiger partial charge in [0.2, 0.25) is 0 Å². The minimum Gasteiger partial charge on any atom is -0.305 e. The molecule has 0 unspecified atom stereocenters. The Morgan fingerprint density at radius 2 is 1.26 bits per heavy atom. The van der Waals surface area contributed by atoms with Crippen LogP contribution in [0.1, 0.15) is 25.0 Å². The molecule has 0 saturated heterocycles. The largest absolute Gasteiger partial charge is 0.305 e. The first kappa shape index (κ1) is 27.7. The molecule has 2 heterocycles. The first-order chi connectivity index (χ1) is 20.1. The Morgan fingerprint density at radius 1 is 0.571 bits per heavy atom. The van der Waals surface area contributed by atoms with Crippen LogP contribution in [0.4, 0.5) is 0 Å². The third-order valence-corrected chi connectivity index (χ3v) is 8.01. The topological polar surface area (TPSA) is 25.8 Å². The van der Waals surface area contributed by atoms with Gasteiger partial charge < -0.3 is 9.97 Å². The first-order valence-electron chi connectivity index (χ1n) is 13.9. The van der Waals surface area contributed by atoms with Crippen molar-refractivity contribution >= 4 is 21.5 Å². The van der Waals surface area contributed by atoms with E-state index < -0.39 is 0 Å². The van der Waals surface area contributed by atoms with Crippen molar-refractivity contribution in [3.8, 4) is 33.6 Å². The van der Waals surface area contributed by atoms with Crippen LogP contribution in [-0.2, 0) is 25.5 Å². The Kier molecular flexibility index (Phi) is 7.56. The normalized spacial score (nSPS) is 12.5. The molecule has 0 aliphatic heterocycles. The number of pyridine rings is 2. The molecule has 2 nitrogen and oxygen atoms in total. The van der Waals surface area contributed by atoms with Gasteiger partial charge in [-0.15, -0.1) is 65.0 Å². The molecule has 5 aromatic carbocycles. The maximum absolute atomic E-state index is 4.84. The van der Waals surface area contributed by atoms with E-state index in [0.29, 0.717) is 0 Å². The summed E-state index contributed by atoms with van der Waals surface area (Å²) in [6, 6.07) is 48.5. The van der Waals surface area contributed by atoms with Crippen molar-refractivity contribution in [2.45, 2.75) is 19.3 Å². The van der Waals surface area contributed by atoms with Gasteiger partial charge in [0.25, 0.3) is 0 Å². The van der Waals surface area contributed by atoms with E-state index in [1.165, 1.54) is 43.8 Å². The van der Waals surface area contributed by atoms with Crippen LogP contribution < -0.4 is 0 Å². The van der Waals surface area contributed by atoms with Crippen LogP contribution in [-0.4, -0.2) is 9.97 Å². The summed E-state index contributed by atoms with van der Waals surface area (Å²) < 4.78 is 0. The average Bonchev–Trinajstić information content (AvgIpc) is 3.26. The van der Waals surface area contributed by atoms with E-state index in [9.17, 15) is 0 Å². The molecule has 0 spiro atoms. The summed E-state index contributed by atoms with van der Waals surface area (Å²) >= 11 is 0. The van der Waals surface area contributed by atoms with Gasteiger partial charge in [0, 0.05) is 37.9 Å². The molecule has 0 bridgehead atoms. The van der Waals surface area contributed by atoms with Gasteiger partial charge in [-0.2, -0.15) is 0 Å². The summed E-state index contributed by atoms with van der Waals surface area (Å²) in [5.41, 5.74) is 9.30. The number of benzene rings is 5. The van der Waals surface area contributed by atoms with E-state index in [-0.39, 0.29) is 25.5 Å². The summed E-state index contributed by atoms with van der Waals surface area (Å²) in [5.74, 6) is 0. The summed E-state index contributed by atoms with van der Waals surface area (Å²) in [6.07, 6.45) is 3.73. The van der Waals surface area contributed by atoms with Crippen LogP contribution in [0.25, 0.3) is 55.2 Å². The fourth-order valence-corrected chi connectivity index (χ4v) is 5.98. The van der Waals surface area contributed by atoms with Gasteiger partial charge in [0.15, 0.2) is 0 Å². The Labute approximate surface area is 260 Å². The fourth-order valence-electron chi connectivity index (χ4n) is 5.98. The van der Waals surface area contributed by atoms with Gasteiger partial charge in [0.1, 0.15) is 0 Å². The van der Waals surface area contributed by atoms with Crippen LogP contribution in [0.2, 0.25) is 0 Å². The molecular weight excluding hydrogens is 689 g/mol. The summed E-state index contributed by atoms with van der Waals surface area (Å²) in [6.45, 7) is 4.64. The van der Waals surface area contributed by atoms with Crippen LogP contribution in [0, 0.1) is 12.1 Å². The monoisotopic (exact) mass is 717 g/mol. The SMILES string of the molecule is CC1(C)c2cc3ccccc3cc2-c2ccnc(-c3[c-]cc4ccccc4c3)c21.[Ir].[c-]1ccccc1-c1ccccn1. The molecule has 42 heavy (non-hydrogen) atoms. The second kappa shape index (κ2) is 11.4. The van der Waals surface area contributed by atoms with E-state index in [0.717, 1.165) is 22.5 Å². The smallest absolute Gasteiger partial charge is 0.0167 e. The zero-order valence-electron chi connectivity index (χ0n) is 23.4. The predicted octanol–water partition coefficient (Wildman–Crippen LogP) is 9.71. The number of hydrogen-bond donors (Lipinski definition) is 0. The molecule has 3 heteroatoms. The standard InChI is InChI=1S/C28H20N.C11H8N.Ir/c1-28(2)25-17-21-10-6-5-9-20(21)16-24(25)23-13-14-29-27(26(23)28)22-12-11-18-7-3-4-8-19(18)15-22;1-2-6-10(7-3-1)11-8-4-5-9-12-11;/h3-11,13-17H,1-2H3;1-6,8-9H;/q2*-1;. The van der Waals surface area contributed by atoms with Crippen molar-refractivity contribution in [2.75, 3.05) is 0 Å². The van der Waals surface area contributed by atoms with E-state index in [2.05, 4.69) is 110 Å². The van der Waals surface area contributed by atoms with Crippen molar-refractivity contribution in [1.29, 1.82) is 0 Å². The molecule has 2 aromatic heterocycles. The molecular formula is C39H28IrN2-2. The van der Waals surface area contributed by atoms with Gasteiger partial charge in [-0.1, -0.05) is 79.9 Å². The van der Waals surface area contributed by atoms with E-state index in [4.69, 9.17) is 4.98 Å². The second-order valence-electron chi connectivity index (χ2n) is 10.9. The van der Waals surface area contributed by atoms with Crippen LogP contribution in [0.3, 0.4) is 0 Å². The number of hydrogen-bond acceptors (Lipinski definition) is 2. The average molecular weight is 717 g/mol. The Bertz CT molecular complexity index is 1980. The fraction of sp³-hybridized carbons (Fsp3) is 0.0769. The molecule has 1 aliphatic carbocycles. The summed E-state index contributed by atoms with van der Waals surface area (Å²) in [7, 11) is 0. The van der Waals surface area contributed by atoms with Crippen LogP contribution in [0.5, 0.6) is 0 Å². The van der Waals surface area contributed by atoms with Crippen LogP contribution >= 0.6 is 0 Å². The maximum Gasteiger partial charge on any atom is 0.0167 e. The minimum atomic E-state index is -0.113. The van der Waals surface area contributed by atoms with Gasteiger partial charge in [-0.3, -0.25) is 0 Å². The van der Waals surface area contributed by atoms with Gasteiger partial charge >= 0.3 is 0 Å². The van der Waals surface area contributed by atoms with Crippen molar-refractivity contribution in [2.24, 2.45) is 0 Å². The zero-order valence-corrected chi connectivity index (χ0v) is 25.8. The first-order valence-corrected chi connectivity index (χ1v) is 13.9. The molecule has 0 atom stereocenters. The minimum absolute atomic E-state index is 0. The Morgan fingerprint density at radius 3 is 1.98 bits per heavy atom. The third kappa shape index (κ3) is 4.96. The Hall–Kier alpha value is -4.43. The van der Waals surface area contributed by atoms with E-state index in [1.54, 1.807) is 6.20 Å². The summed E-state index contributed by atoms with van der Waals surface area (Å²) in [4.78, 5) is 9.06. The van der Waals surface area contributed by atoms with Crippen LogP contribution in [0.15, 0.2) is 134 Å². The van der Waals surface area contributed by atoms with Crippen molar-refractivity contribution in [3.63, 3.8) is 0 Å². The number of aromatic nitrogens is 2. The second-order valence-corrected chi connectivity index (χ2v) is 10.9. The molecule has 7 aromatic rings. The van der Waals surface area contributed by atoms with Gasteiger partial charge in [-0.25, -0.2) is 0 Å². The predicted molar refractivity (Wildman–Crippen MR) is 170 cm³/mol. The third-order valence-electron chi connectivity index (χ3n) is 8.01. The van der Waals surface area contributed by atoms with Crippen molar-refractivity contribution in [3.05, 3.63) is 157 Å². The molecule has 1 radical (unpaired) electrons. The molecule has 205 valence electrons. The number of fused-ring (bicyclic) bond motifs is 5. The maximum atomic E-state index is 4.84. The summed E-state index contributed by atoms with van der Waals surface area (Å²) in [5, 5.41) is 5.00. The van der Waals surface area contributed by atoms with Gasteiger partial charge in [-0.05, 0) is 68.7 Å². The van der Waals surface area contributed by atoms with Crippen molar-refractivity contribution in [1.82, 2.24) is 9.97 Å². The molecule has 8 rings (SSSR count). The van der Waals surface area contributed by atoms with Gasteiger partial charge in [0.05, 0.1) is 0 Å². The van der Waals surface area contributed by atoms with E-state index in [1.807, 2.05) is 48.7 Å². The zero-order chi connectivity index (χ0) is 27.8. The van der Waals surface area contributed by atoms with E-state index >= 15 is 0 Å². The molecule has 0 saturated carbocycles. The number of rotatable bonds is 2. The number of nitrogens with zero attached hydrogens (tertiary/aromatic N) is 2.